The molecule has 5 heteroatoms. The number of pyridine rings is 1. The zero-order chi connectivity index (χ0) is 14.9. The smallest absolute Gasteiger partial charge is 0.125 e. The summed E-state index contributed by atoms with van der Waals surface area (Å²) in [6.07, 6.45) is 5.92. The van der Waals surface area contributed by atoms with E-state index in [1.165, 1.54) is 17.7 Å². The lowest BCUT2D eigenvalue weighted by Gasteiger charge is -2.22. The molecule has 0 amide bonds. The molecule has 3 aromatic rings. The Morgan fingerprint density at radius 1 is 1.32 bits per heavy atom. The van der Waals surface area contributed by atoms with E-state index in [0.717, 1.165) is 42.8 Å². The van der Waals surface area contributed by atoms with Gasteiger partial charge in [-0.3, -0.25) is 9.88 Å². The van der Waals surface area contributed by atoms with Crippen molar-refractivity contribution in [3.63, 3.8) is 0 Å². The third-order valence-electron chi connectivity index (χ3n) is 4.25. The number of halogens is 1. The van der Waals surface area contributed by atoms with Gasteiger partial charge in [0.2, 0.25) is 0 Å². The third-order valence-corrected chi connectivity index (χ3v) is 4.25. The first-order valence-corrected chi connectivity index (χ1v) is 7.58. The minimum absolute atomic E-state index is 0.235. The number of likely N-dealkylation sites (tertiary alicyclic amines) is 1. The minimum Gasteiger partial charge on any atom is -0.341 e. The van der Waals surface area contributed by atoms with Gasteiger partial charge in [-0.25, -0.2) is 9.37 Å². The number of nitrogens with one attached hydrogen (secondary N) is 1. The van der Waals surface area contributed by atoms with Crippen molar-refractivity contribution >= 4 is 11.0 Å². The SMILES string of the molecule is Fc1ccc2nc([C@@H]3CCCN3Cc3cccnc3)[nH]c2c1. The number of imidazole rings is 1. The number of fused-ring (bicyclic) bond motifs is 1. The Balaban J connectivity index is 1.61. The van der Waals surface area contributed by atoms with Crippen molar-refractivity contribution in [2.45, 2.75) is 25.4 Å². The lowest BCUT2D eigenvalue weighted by atomic mass is 10.2. The maximum atomic E-state index is 13.3. The summed E-state index contributed by atoms with van der Waals surface area (Å²) in [5.41, 5.74) is 2.80. The Morgan fingerprint density at radius 3 is 3.14 bits per heavy atom. The zero-order valence-electron chi connectivity index (χ0n) is 12.2. The van der Waals surface area contributed by atoms with Crippen LogP contribution in [0.2, 0.25) is 0 Å². The molecular formula is C17H17FN4. The fourth-order valence-corrected chi connectivity index (χ4v) is 3.21. The lowest BCUT2D eigenvalue weighted by molar-refractivity contribution is 0.241. The summed E-state index contributed by atoms with van der Waals surface area (Å²) >= 11 is 0. The molecule has 0 aliphatic carbocycles. The standard InChI is InChI=1S/C17H17FN4/c18-13-5-6-14-15(9-13)21-17(20-14)16-4-2-8-22(16)11-12-3-1-7-19-10-12/h1,3,5-7,9-10,16H,2,4,8,11H2,(H,20,21)/t16-/m0/s1. The molecular weight excluding hydrogens is 279 g/mol. The van der Waals surface area contributed by atoms with Crippen molar-refractivity contribution in [1.29, 1.82) is 0 Å². The minimum atomic E-state index is -0.235. The molecule has 22 heavy (non-hydrogen) atoms. The van der Waals surface area contributed by atoms with Gasteiger partial charge in [0, 0.05) is 18.9 Å². The summed E-state index contributed by atoms with van der Waals surface area (Å²) in [6.45, 7) is 1.91. The van der Waals surface area contributed by atoms with Crippen LogP contribution in [0.15, 0.2) is 42.7 Å². The molecule has 1 N–H and O–H groups in total. The molecule has 1 fully saturated rings. The monoisotopic (exact) mass is 296 g/mol. The van der Waals surface area contributed by atoms with Crippen LogP contribution in [0.4, 0.5) is 4.39 Å². The number of aromatic nitrogens is 3. The Hall–Kier alpha value is -2.27. The van der Waals surface area contributed by atoms with Gasteiger partial charge in [0.1, 0.15) is 11.6 Å². The molecule has 4 nitrogen and oxygen atoms in total. The number of hydrogen-bond donors (Lipinski definition) is 1. The predicted molar refractivity (Wildman–Crippen MR) is 82.7 cm³/mol. The summed E-state index contributed by atoms with van der Waals surface area (Å²) in [7, 11) is 0. The number of H-pyrrole nitrogens is 1. The van der Waals surface area contributed by atoms with Gasteiger partial charge in [0.15, 0.2) is 0 Å². The van der Waals surface area contributed by atoms with Crippen LogP contribution in [0.25, 0.3) is 11.0 Å². The topological polar surface area (TPSA) is 44.8 Å². The molecule has 112 valence electrons. The molecule has 0 radical (unpaired) electrons. The predicted octanol–water partition coefficient (Wildman–Crippen LogP) is 3.43. The van der Waals surface area contributed by atoms with Gasteiger partial charge in [-0.2, -0.15) is 0 Å². The zero-order valence-corrected chi connectivity index (χ0v) is 12.2. The fraction of sp³-hybridized carbons (Fsp3) is 0.294. The van der Waals surface area contributed by atoms with E-state index in [1.807, 2.05) is 12.3 Å². The maximum Gasteiger partial charge on any atom is 0.125 e. The van der Waals surface area contributed by atoms with Gasteiger partial charge in [-0.05, 0) is 49.2 Å². The van der Waals surface area contributed by atoms with Crippen LogP contribution in [0.3, 0.4) is 0 Å². The van der Waals surface area contributed by atoms with Gasteiger partial charge in [-0.1, -0.05) is 6.07 Å². The first-order valence-electron chi connectivity index (χ1n) is 7.58. The first kappa shape index (κ1) is 13.4. The molecule has 2 aromatic heterocycles. The van der Waals surface area contributed by atoms with Crippen molar-refractivity contribution in [3.8, 4) is 0 Å². The summed E-state index contributed by atoms with van der Waals surface area (Å²) in [5, 5.41) is 0. The van der Waals surface area contributed by atoms with Crippen molar-refractivity contribution in [3.05, 3.63) is 59.9 Å². The number of nitrogens with zero attached hydrogens (tertiary/aromatic N) is 3. The average Bonchev–Trinajstić information content (AvgIpc) is 3.14. The largest absolute Gasteiger partial charge is 0.341 e. The molecule has 0 bridgehead atoms. The highest BCUT2D eigenvalue weighted by Gasteiger charge is 2.28. The molecule has 1 saturated heterocycles. The van der Waals surface area contributed by atoms with Crippen molar-refractivity contribution in [2.75, 3.05) is 6.54 Å². The summed E-state index contributed by atoms with van der Waals surface area (Å²) in [6, 6.07) is 9.00. The van der Waals surface area contributed by atoms with Crippen molar-refractivity contribution in [1.82, 2.24) is 19.9 Å². The lowest BCUT2D eigenvalue weighted by Crippen LogP contribution is -2.23. The third kappa shape index (κ3) is 2.48. The highest BCUT2D eigenvalue weighted by molar-refractivity contribution is 5.75. The van der Waals surface area contributed by atoms with Crippen molar-refractivity contribution < 1.29 is 4.39 Å². The highest BCUT2D eigenvalue weighted by atomic mass is 19.1. The molecule has 3 heterocycles. The summed E-state index contributed by atoms with van der Waals surface area (Å²) < 4.78 is 13.3. The Labute approximate surface area is 128 Å². The number of benzene rings is 1. The van der Waals surface area contributed by atoms with E-state index in [4.69, 9.17) is 0 Å². The second kappa shape index (κ2) is 5.50. The van der Waals surface area contributed by atoms with E-state index in [-0.39, 0.29) is 11.9 Å². The fourth-order valence-electron chi connectivity index (χ4n) is 3.21. The second-order valence-electron chi connectivity index (χ2n) is 5.77. The van der Waals surface area contributed by atoms with Gasteiger partial charge >= 0.3 is 0 Å². The average molecular weight is 296 g/mol. The van der Waals surface area contributed by atoms with Crippen LogP contribution in [-0.2, 0) is 6.54 Å². The van der Waals surface area contributed by atoms with E-state index in [9.17, 15) is 4.39 Å². The molecule has 4 rings (SSSR count). The van der Waals surface area contributed by atoms with E-state index in [2.05, 4.69) is 25.9 Å². The first-order chi connectivity index (χ1) is 10.8. The van der Waals surface area contributed by atoms with Gasteiger partial charge in [-0.15, -0.1) is 0 Å². The quantitative estimate of drug-likeness (QED) is 0.805. The normalized spacial score (nSPS) is 19.0. The van der Waals surface area contributed by atoms with Gasteiger partial charge in [0.05, 0.1) is 17.1 Å². The molecule has 0 unspecified atom stereocenters. The number of aromatic amines is 1. The van der Waals surface area contributed by atoms with E-state index < -0.39 is 0 Å². The van der Waals surface area contributed by atoms with E-state index >= 15 is 0 Å². The van der Waals surface area contributed by atoms with E-state index in [1.54, 1.807) is 12.3 Å². The number of rotatable bonds is 3. The molecule has 0 saturated carbocycles. The Kier molecular flexibility index (Phi) is 3.35. The van der Waals surface area contributed by atoms with Crippen LogP contribution in [-0.4, -0.2) is 26.4 Å². The Bertz CT molecular complexity index is 784. The molecule has 1 aliphatic rings. The molecule has 1 aliphatic heterocycles. The van der Waals surface area contributed by atoms with Crippen LogP contribution in [0.5, 0.6) is 0 Å². The van der Waals surface area contributed by atoms with Crippen LogP contribution < -0.4 is 0 Å². The molecule has 1 atom stereocenters. The maximum absolute atomic E-state index is 13.3. The van der Waals surface area contributed by atoms with Gasteiger partial charge in [0.25, 0.3) is 0 Å². The van der Waals surface area contributed by atoms with Crippen LogP contribution in [0, 0.1) is 5.82 Å². The van der Waals surface area contributed by atoms with E-state index in [0.29, 0.717) is 0 Å². The summed E-state index contributed by atoms with van der Waals surface area (Å²) in [5.74, 6) is 0.698. The van der Waals surface area contributed by atoms with Crippen LogP contribution >= 0.6 is 0 Å². The second-order valence-corrected chi connectivity index (χ2v) is 5.77. The molecule has 0 spiro atoms. The van der Waals surface area contributed by atoms with Crippen molar-refractivity contribution in [2.24, 2.45) is 0 Å². The molecule has 1 aromatic carbocycles. The number of hydrogen-bond acceptors (Lipinski definition) is 3. The highest BCUT2D eigenvalue weighted by Crippen LogP contribution is 2.32. The summed E-state index contributed by atoms with van der Waals surface area (Å²) in [4.78, 5) is 14.5. The van der Waals surface area contributed by atoms with Crippen LogP contribution in [0.1, 0.15) is 30.3 Å². The Morgan fingerprint density at radius 2 is 2.27 bits per heavy atom. The van der Waals surface area contributed by atoms with Gasteiger partial charge < -0.3 is 4.98 Å².